The molecule has 1 aromatic heterocycles. The first-order valence-electron chi connectivity index (χ1n) is 9.12. The maximum absolute atomic E-state index is 6.19. The fraction of sp³-hybridized carbons (Fsp3) is 0.364. The summed E-state index contributed by atoms with van der Waals surface area (Å²) in [6.45, 7) is 9.85. The Kier molecular flexibility index (Phi) is 4.27. The van der Waals surface area contributed by atoms with E-state index in [9.17, 15) is 0 Å². The second-order valence-corrected chi connectivity index (χ2v) is 6.77. The van der Waals surface area contributed by atoms with Gasteiger partial charge in [0.25, 0.3) is 0 Å². The molecule has 0 saturated heterocycles. The SMILES string of the molecule is CCc1ccc(OCc2c3c(cc4cc(C)oc24)OCCO3)c(C)c1C. The van der Waals surface area contributed by atoms with Crippen molar-refractivity contribution >= 4 is 11.0 Å². The van der Waals surface area contributed by atoms with Gasteiger partial charge in [-0.05, 0) is 62.1 Å². The molecular formula is C22H24O4. The fourth-order valence-electron chi connectivity index (χ4n) is 3.57. The molecule has 2 aromatic carbocycles. The number of hydrogen-bond donors (Lipinski definition) is 0. The molecule has 0 amide bonds. The van der Waals surface area contributed by atoms with Crippen LogP contribution in [-0.2, 0) is 13.0 Å². The molecule has 0 unspecified atom stereocenters. The first-order chi connectivity index (χ1) is 12.6. The van der Waals surface area contributed by atoms with Crippen molar-refractivity contribution in [2.24, 2.45) is 0 Å². The summed E-state index contributed by atoms with van der Waals surface area (Å²) in [4.78, 5) is 0. The molecule has 0 radical (unpaired) electrons. The first-order valence-corrected chi connectivity index (χ1v) is 9.12. The average Bonchev–Trinajstić information content (AvgIpc) is 3.01. The van der Waals surface area contributed by atoms with Crippen LogP contribution in [0.1, 0.15) is 34.9 Å². The van der Waals surface area contributed by atoms with Crippen molar-refractivity contribution < 1.29 is 18.6 Å². The topological polar surface area (TPSA) is 40.8 Å². The van der Waals surface area contributed by atoms with Crippen LogP contribution in [0.2, 0.25) is 0 Å². The Hall–Kier alpha value is -2.62. The zero-order valence-electron chi connectivity index (χ0n) is 15.8. The van der Waals surface area contributed by atoms with Crippen molar-refractivity contribution in [2.45, 2.75) is 40.7 Å². The number of aryl methyl sites for hydroxylation is 2. The maximum atomic E-state index is 6.19. The first kappa shape index (κ1) is 16.8. The lowest BCUT2D eigenvalue weighted by atomic mass is 10.0. The predicted octanol–water partition coefficient (Wildman–Crippen LogP) is 5.27. The van der Waals surface area contributed by atoms with Gasteiger partial charge in [0, 0.05) is 5.39 Å². The van der Waals surface area contributed by atoms with Crippen LogP contribution in [-0.4, -0.2) is 13.2 Å². The third-order valence-electron chi connectivity index (χ3n) is 5.13. The van der Waals surface area contributed by atoms with E-state index in [-0.39, 0.29) is 0 Å². The molecule has 4 rings (SSSR count). The van der Waals surface area contributed by atoms with E-state index < -0.39 is 0 Å². The van der Waals surface area contributed by atoms with E-state index >= 15 is 0 Å². The van der Waals surface area contributed by atoms with Gasteiger partial charge in [0.15, 0.2) is 11.5 Å². The largest absolute Gasteiger partial charge is 0.488 e. The number of furan rings is 1. The van der Waals surface area contributed by atoms with E-state index in [1.807, 2.05) is 19.1 Å². The summed E-state index contributed by atoms with van der Waals surface area (Å²) in [5.74, 6) is 3.25. The standard InChI is InChI=1S/C22H24O4/c1-5-16-6-7-19(15(4)14(16)3)25-12-18-21-17(10-13(2)26-21)11-20-22(18)24-9-8-23-20/h6-7,10-11H,5,8-9,12H2,1-4H3. The Bertz CT molecular complexity index is 968. The molecule has 0 N–H and O–H groups in total. The van der Waals surface area contributed by atoms with Crippen molar-refractivity contribution in [1.82, 2.24) is 0 Å². The molecular weight excluding hydrogens is 328 g/mol. The van der Waals surface area contributed by atoms with E-state index in [0.717, 1.165) is 46.0 Å². The number of rotatable bonds is 4. The Morgan fingerprint density at radius 3 is 2.62 bits per heavy atom. The van der Waals surface area contributed by atoms with Crippen LogP contribution in [0.25, 0.3) is 11.0 Å². The zero-order valence-corrected chi connectivity index (χ0v) is 15.8. The maximum Gasteiger partial charge on any atom is 0.171 e. The van der Waals surface area contributed by atoms with Gasteiger partial charge in [0.2, 0.25) is 0 Å². The highest BCUT2D eigenvalue weighted by Crippen LogP contribution is 2.41. The van der Waals surface area contributed by atoms with Gasteiger partial charge in [0.1, 0.15) is 36.9 Å². The highest BCUT2D eigenvalue weighted by molar-refractivity contribution is 5.86. The van der Waals surface area contributed by atoms with Gasteiger partial charge >= 0.3 is 0 Å². The van der Waals surface area contributed by atoms with Crippen molar-refractivity contribution in [3.05, 3.63) is 52.3 Å². The van der Waals surface area contributed by atoms with Gasteiger partial charge in [0.05, 0.1) is 5.56 Å². The number of ether oxygens (including phenoxy) is 3. The van der Waals surface area contributed by atoms with E-state index in [4.69, 9.17) is 18.6 Å². The molecule has 0 atom stereocenters. The number of hydrogen-bond acceptors (Lipinski definition) is 4. The summed E-state index contributed by atoms with van der Waals surface area (Å²) < 4.78 is 23.8. The quantitative estimate of drug-likeness (QED) is 0.641. The van der Waals surface area contributed by atoms with Crippen LogP contribution in [0.15, 0.2) is 28.7 Å². The smallest absolute Gasteiger partial charge is 0.171 e. The Balaban J connectivity index is 1.72. The van der Waals surface area contributed by atoms with Crippen LogP contribution >= 0.6 is 0 Å². The minimum absolute atomic E-state index is 0.377. The summed E-state index contributed by atoms with van der Waals surface area (Å²) in [6.07, 6.45) is 1.02. The lowest BCUT2D eigenvalue weighted by Gasteiger charge is -2.22. The van der Waals surface area contributed by atoms with E-state index in [0.29, 0.717) is 19.8 Å². The molecule has 1 aliphatic rings. The summed E-state index contributed by atoms with van der Waals surface area (Å²) in [5.41, 5.74) is 5.54. The van der Waals surface area contributed by atoms with Gasteiger partial charge in [-0.1, -0.05) is 13.0 Å². The van der Waals surface area contributed by atoms with E-state index in [1.165, 1.54) is 16.7 Å². The molecule has 4 heteroatoms. The summed E-state index contributed by atoms with van der Waals surface area (Å²) >= 11 is 0. The van der Waals surface area contributed by atoms with Crippen LogP contribution in [0.4, 0.5) is 0 Å². The minimum Gasteiger partial charge on any atom is -0.488 e. The lowest BCUT2D eigenvalue weighted by molar-refractivity contribution is 0.166. The molecule has 3 aromatic rings. The third kappa shape index (κ3) is 2.79. The van der Waals surface area contributed by atoms with E-state index in [1.54, 1.807) is 0 Å². The highest BCUT2D eigenvalue weighted by atomic mass is 16.6. The Morgan fingerprint density at radius 2 is 1.81 bits per heavy atom. The summed E-state index contributed by atoms with van der Waals surface area (Å²) in [5, 5.41) is 1.01. The predicted molar refractivity (Wildman–Crippen MR) is 102 cm³/mol. The van der Waals surface area contributed by atoms with Gasteiger partial charge in [-0.2, -0.15) is 0 Å². The average molecular weight is 352 g/mol. The molecule has 0 aliphatic carbocycles. The normalized spacial score (nSPS) is 13.2. The van der Waals surface area contributed by atoms with Gasteiger partial charge in [-0.15, -0.1) is 0 Å². The molecule has 0 saturated carbocycles. The molecule has 0 fully saturated rings. The second kappa shape index (κ2) is 6.60. The minimum atomic E-state index is 0.377. The Labute approximate surface area is 153 Å². The molecule has 26 heavy (non-hydrogen) atoms. The number of fused-ring (bicyclic) bond motifs is 2. The van der Waals surface area contributed by atoms with Crippen LogP contribution in [0.5, 0.6) is 17.2 Å². The molecule has 1 aliphatic heterocycles. The monoisotopic (exact) mass is 352 g/mol. The van der Waals surface area contributed by atoms with Gasteiger partial charge in [-0.3, -0.25) is 0 Å². The van der Waals surface area contributed by atoms with Crippen molar-refractivity contribution in [3.63, 3.8) is 0 Å². The van der Waals surface area contributed by atoms with Crippen molar-refractivity contribution in [1.29, 1.82) is 0 Å². The molecule has 0 bridgehead atoms. The van der Waals surface area contributed by atoms with E-state index in [2.05, 4.69) is 32.9 Å². The highest BCUT2D eigenvalue weighted by Gasteiger charge is 2.22. The van der Waals surface area contributed by atoms with Crippen molar-refractivity contribution in [2.75, 3.05) is 13.2 Å². The molecule has 4 nitrogen and oxygen atoms in total. The lowest BCUT2D eigenvalue weighted by Crippen LogP contribution is -2.17. The molecule has 0 spiro atoms. The summed E-state index contributed by atoms with van der Waals surface area (Å²) in [6, 6.07) is 8.20. The second-order valence-electron chi connectivity index (χ2n) is 6.77. The fourth-order valence-corrected chi connectivity index (χ4v) is 3.57. The zero-order chi connectivity index (χ0) is 18.3. The Morgan fingerprint density at radius 1 is 1.00 bits per heavy atom. The summed E-state index contributed by atoms with van der Waals surface area (Å²) in [7, 11) is 0. The van der Waals surface area contributed by atoms with Crippen LogP contribution in [0, 0.1) is 20.8 Å². The van der Waals surface area contributed by atoms with Crippen LogP contribution in [0.3, 0.4) is 0 Å². The number of benzene rings is 2. The third-order valence-corrected chi connectivity index (χ3v) is 5.13. The molecule has 2 heterocycles. The molecule has 136 valence electrons. The van der Waals surface area contributed by atoms with Crippen LogP contribution < -0.4 is 14.2 Å². The van der Waals surface area contributed by atoms with Gasteiger partial charge in [-0.25, -0.2) is 0 Å². The van der Waals surface area contributed by atoms with Crippen molar-refractivity contribution in [3.8, 4) is 17.2 Å². The van der Waals surface area contributed by atoms with Gasteiger partial charge < -0.3 is 18.6 Å².